The minimum absolute atomic E-state index is 0.00396. The number of Topliss-reactive ketones (excluding diaryl/α,β-unsaturated/α-hetero) is 1. The lowest BCUT2D eigenvalue weighted by Gasteiger charge is -2.38. The maximum absolute atomic E-state index is 13.2. The van der Waals surface area contributed by atoms with Crippen molar-refractivity contribution in [3.63, 3.8) is 0 Å². The molecule has 0 atom stereocenters. The van der Waals surface area contributed by atoms with Gasteiger partial charge in [-0.25, -0.2) is 4.39 Å². The lowest BCUT2D eigenvalue weighted by Crippen LogP contribution is -2.47. The van der Waals surface area contributed by atoms with Gasteiger partial charge < -0.3 is 10.6 Å². The highest BCUT2D eigenvalue weighted by atomic mass is 19.1. The average Bonchev–Trinajstić information content (AvgIpc) is 2.50. The molecule has 2 aliphatic heterocycles. The van der Waals surface area contributed by atoms with Gasteiger partial charge in [-0.15, -0.1) is 0 Å². The largest absolute Gasteiger partial charge is 0.379 e. The van der Waals surface area contributed by atoms with Crippen LogP contribution in [0.3, 0.4) is 0 Å². The van der Waals surface area contributed by atoms with Gasteiger partial charge in [-0.2, -0.15) is 0 Å². The van der Waals surface area contributed by atoms with Crippen LogP contribution in [0.5, 0.6) is 0 Å². The molecule has 2 heterocycles. The van der Waals surface area contributed by atoms with Crippen LogP contribution < -0.4 is 10.6 Å². The highest BCUT2D eigenvalue weighted by Crippen LogP contribution is 2.35. The van der Waals surface area contributed by atoms with E-state index in [1.807, 2.05) is 0 Å². The average molecular weight is 248 g/mol. The molecule has 0 amide bonds. The van der Waals surface area contributed by atoms with Crippen molar-refractivity contribution in [2.24, 2.45) is 0 Å². The summed E-state index contributed by atoms with van der Waals surface area (Å²) in [7, 11) is 0. The number of hydrogen-bond acceptors (Lipinski definition) is 3. The van der Waals surface area contributed by atoms with E-state index in [1.54, 1.807) is 6.07 Å². The van der Waals surface area contributed by atoms with E-state index >= 15 is 0 Å². The zero-order chi connectivity index (χ0) is 12.6. The van der Waals surface area contributed by atoms with Crippen molar-refractivity contribution in [3.8, 4) is 0 Å². The van der Waals surface area contributed by atoms with E-state index < -0.39 is 0 Å². The number of carbonyl (C=O) groups is 1. The molecule has 0 radical (unpaired) electrons. The van der Waals surface area contributed by atoms with Crippen molar-refractivity contribution in [2.45, 2.75) is 31.2 Å². The first-order valence-corrected chi connectivity index (χ1v) is 6.50. The van der Waals surface area contributed by atoms with Crippen LogP contribution in [0.2, 0.25) is 0 Å². The Morgan fingerprint density at radius 1 is 1.17 bits per heavy atom. The van der Waals surface area contributed by atoms with E-state index in [1.165, 1.54) is 12.1 Å². The number of hydrogen-bond donors (Lipinski definition) is 2. The molecule has 1 fully saturated rings. The van der Waals surface area contributed by atoms with Gasteiger partial charge in [0.2, 0.25) is 0 Å². The van der Waals surface area contributed by atoms with Crippen LogP contribution in [-0.4, -0.2) is 24.4 Å². The third kappa shape index (κ3) is 2.01. The molecule has 0 saturated carbocycles. The first-order valence-electron chi connectivity index (χ1n) is 6.50. The number of fused-ring (bicyclic) bond motifs is 1. The van der Waals surface area contributed by atoms with Gasteiger partial charge >= 0.3 is 0 Å². The zero-order valence-corrected chi connectivity index (χ0v) is 10.3. The molecular weight excluding hydrogens is 231 g/mol. The second kappa shape index (κ2) is 4.35. The SMILES string of the molecule is O=C1CCC2(CCNCC2)Nc2ccc(F)cc21. The van der Waals surface area contributed by atoms with Crippen LogP contribution in [0.1, 0.15) is 36.0 Å². The van der Waals surface area contributed by atoms with Crippen LogP contribution in [0.4, 0.5) is 10.1 Å². The molecule has 0 bridgehead atoms. The van der Waals surface area contributed by atoms with Crippen LogP contribution in [0.15, 0.2) is 18.2 Å². The summed E-state index contributed by atoms with van der Waals surface area (Å²) >= 11 is 0. The molecular formula is C14H17FN2O. The molecule has 1 aromatic carbocycles. The molecule has 0 aliphatic carbocycles. The first-order chi connectivity index (χ1) is 8.69. The third-order valence-corrected chi connectivity index (χ3v) is 4.07. The molecule has 4 heteroatoms. The first kappa shape index (κ1) is 11.7. The molecule has 2 N–H and O–H groups in total. The predicted octanol–water partition coefficient (Wildman–Crippen LogP) is 2.34. The Hall–Kier alpha value is -1.42. The van der Waals surface area contributed by atoms with Crippen molar-refractivity contribution < 1.29 is 9.18 Å². The summed E-state index contributed by atoms with van der Waals surface area (Å²) in [5.74, 6) is -0.294. The van der Waals surface area contributed by atoms with Crippen molar-refractivity contribution in [1.29, 1.82) is 0 Å². The second-order valence-electron chi connectivity index (χ2n) is 5.27. The minimum atomic E-state index is -0.342. The highest BCUT2D eigenvalue weighted by molar-refractivity contribution is 6.02. The van der Waals surface area contributed by atoms with E-state index in [-0.39, 0.29) is 17.1 Å². The fraction of sp³-hybridized carbons (Fsp3) is 0.500. The molecule has 0 aromatic heterocycles. The van der Waals surface area contributed by atoms with Crippen molar-refractivity contribution >= 4 is 11.5 Å². The Balaban J connectivity index is 1.98. The van der Waals surface area contributed by atoms with Crippen LogP contribution in [-0.2, 0) is 0 Å². The number of anilines is 1. The van der Waals surface area contributed by atoms with Crippen LogP contribution >= 0.6 is 0 Å². The summed E-state index contributed by atoms with van der Waals surface area (Å²) in [6.45, 7) is 1.94. The molecule has 1 aromatic rings. The van der Waals surface area contributed by atoms with Crippen molar-refractivity contribution in [1.82, 2.24) is 5.32 Å². The maximum Gasteiger partial charge on any atom is 0.165 e. The number of ketones is 1. The summed E-state index contributed by atoms with van der Waals surface area (Å²) in [6, 6.07) is 4.46. The molecule has 18 heavy (non-hydrogen) atoms. The lowest BCUT2D eigenvalue weighted by atomic mass is 9.84. The van der Waals surface area contributed by atoms with E-state index in [2.05, 4.69) is 10.6 Å². The number of piperidine rings is 1. The Labute approximate surface area is 106 Å². The van der Waals surface area contributed by atoms with Gasteiger partial charge in [0.15, 0.2) is 5.78 Å². The fourth-order valence-electron chi connectivity index (χ4n) is 2.97. The van der Waals surface area contributed by atoms with E-state index in [0.717, 1.165) is 38.0 Å². The third-order valence-electron chi connectivity index (χ3n) is 4.07. The minimum Gasteiger partial charge on any atom is -0.379 e. The van der Waals surface area contributed by atoms with E-state index in [0.29, 0.717) is 12.0 Å². The number of nitrogens with one attached hydrogen (secondary N) is 2. The highest BCUT2D eigenvalue weighted by Gasteiger charge is 2.35. The Kier molecular flexibility index (Phi) is 2.82. The smallest absolute Gasteiger partial charge is 0.165 e. The normalized spacial score (nSPS) is 22.2. The number of benzene rings is 1. The summed E-state index contributed by atoms with van der Waals surface area (Å²) in [4.78, 5) is 12.1. The second-order valence-corrected chi connectivity index (χ2v) is 5.27. The Morgan fingerprint density at radius 3 is 2.72 bits per heavy atom. The van der Waals surface area contributed by atoms with Gasteiger partial charge in [0, 0.05) is 23.2 Å². The monoisotopic (exact) mass is 248 g/mol. The predicted molar refractivity (Wildman–Crippen MR) is 68.4 cm³/mol. The Bertz CT molecular complexity index is 481. The number of carbonyl (C=O) groups excluding carboxylic acids is 1. The topological polar surface area (TPSA) is 41.1 Å². The molecule has 3 nitrogen and oxygen atoms in total. The molecule has 1 spiro atoms. The summed E-state index contributed by atoms with van der Waals surface area (Å²) < 4.78 is 13.2. The lowest BCUT2D eigenvalue weighted by molar-refractivity contribution is 0.0973. The summed E-state index contributed by atoms with van der Waals surface area (Å²) in [5.41, 5.74) is 1.30. The Morgan fingerprint density at radius 2 is 1.94 bits per heavy atom. The van der Waals surface area contributed by atoms with E-state index in [9.17, 15) is 9.18 Å². The molecule has 0 unspecified atom stereocenters. The van der Waals surface area contributed by atoms with Crippen molar-refractivity contribution in [2.75, 3.05) is 18.4 Å². The standard InChI is InChI=1S/C14H17FN2O/c15-10-1-2-12-11(9-10)13(18)3-4-14(17-12)5-7-16-8-6-14/h1-2,9,16-17H,3-8H2. The molecule has 3 rings (SSSR count). The van der Waals surface area contributed by atoms with E-state index in [4.69, 9.17) is 0 Å². The van der Waals surface area contributed by atoms with Gasteiger partial charge in [0.1, 0.15) is 5.82 Å². The number of rotatable bonds is 0. The molecule has 2 aliphatic rings. The van der Waals surface area contributed by atoms with Crippen LogP contribution in [0.25, 0.3) is 0 Å². The zero-order valence-electron chi connectivity index (χ0n) is 10.3. The summed E-state index contributed by atoms with van der Waals surface area (Å²) in [5, 5.41) is 6.84. The van der Waals surface area contributed by atoms with Crippen molar-refractivity contribution in [3.05, 3.63) is 29.6 Å². The molecule has 96 valence electrons. The van der Waals surface area contributed by atoms with Gasteiger partial charge in [-0.05, 0) is 50.6 Å². The number of halogens is 1. The fourth-order valence-corrected chi connectivity index (χ4v) is 2.97. The summed E-state index contributed by atoms with van der Waals surface area (Å²) in [6.07, 6.45) is 3.36. The van der Waals surface area contributed by atoms with Crippen LogP contribution in [0, 0.1) is 5.82 Å². The van der Waals surface area contributed by atoms with Gasteiger partial charge in [0.05, 0.1) is 0 Å². The molecule has 1 saturated heterocycles. The quantitative estimate of drug-likeness (QED) is 0.740. The maximum atomic E-state index is 13.2. The van der Waals surface area contributed by atoms with Gasteiger partial charge in [-0.3, -0.25) is 4.79 Å². The van der Waals surface area contributed by atoms with Gasteiger partial charge in [-0.1, -0.05) is 0 Å². The van der Waals surface area contributed by atoms with Gasteiger partial charge in [0.25, 0.3) is 0 Å².